The molecule has 0 heterocycles. The molecule has 16 heavy (non-hydrogen) atoms. The summed E-state index contributed by atoms with van der Waals surface area (Å²) in [7, 11) is 0. The fraction of sp³-hybridized carbons (Fsp3) is 0.538. The molecular weight excluding hydrogens is 200 g/mol. The molecule has 0 saturated heterocycles. The Morgan fingerprint density at radius 1 is 1.19 bits per heavy atom. The Morgan fingerprint density at radius 2 is 1.75 bits per heavy atom. The quantitative estimate of drug-likeness (QED) is 0.648. The lowest BCUT2D eigenvalue weighted by atomic mass is 9.96. The number of nitrogen functional groups attached to an aromatic ring is 1. The molecule has 1 rings (SSSR count). The van der Waals surface area contributed by atoms with Crippen molar-refractivity contribution >= 4 is 11.4 Å². The van der Waals surface area contributed by atoms with Gasteiger partial charge in [0.2, 0.25) is 0 Å². The first kappa shape index (κ1) is 12.8. The minimum absolute atomic E-state index is 0.285. The van der Waals surface area contributed by atoms with Crippen molar-refractivity contribution in [2.45, 2.75) is 32.8 Å². The number of rotatable bonds is 6. The number of nitrogens with one attached hydrogen (secondary N) is 1. The van der Waals surface area contributed by atoms with Gasteiger partial charge in [0, 0.05) is 17.9 Å². The van der Waals surface area contributed by atoms with Crippen LogP contribution in [0.15, 0.2) is 24.3 Å². The van der Waals surface area contributed by atoms with E-state index in [0.29, 0.717) is 12.5 Å². The molecule has 0 aromatic heterocycles. The van der Waals surface area contributed by atoms with Crippen LogP contribution in [0.3, 0.4) is 0 Å². The molecule has 90 valence electrons. The van der Waals surface area contributed by atoms with Gasteiger partial charge in [-0.2, -0.15) is 0 Å². The van der Waals surface area contributed by atoms with Crippen LogP contribution in [0.4, 0.5) is 11.4 Å². The highest BCUT2D eigenvalue weighted by Crippen LogP contribution is 2.15. The third kappa shape index (κ3) is 3.74. The topological polar surface area (TPSA) is 58.3 Å². The summed E-state index contributed by atoms with van der Waals surface area (Å²) in [5, 5.41) is 13.2. The van der Waals surface area contributed by atoms with Crippen LogP contribution < -0.4 is 11.1 Å². The van der Waals surface area contributed by atoms with Gasteiger partial charge in [0.15, 0.2) is 0 Å². The van der Waals surface area contributed by atoms with Crippen LogP contribution in [-0.2, 0) is 0 Å². The van der Waals surface area contributed by atoms with E-state index in [-0.39, 0.29) is 6.10 Å². The van der Waals surface area contributed by atoms with E-state index in [1.54, 1.807) is 0 Å². The molecule has 3 heteroatoms. The summed E-state index contributed by atoms with van der Waals surface area (Å²) in [6.07, 6.45) is 1.75. The molecule has 1 atom stereocenters. The maximum absolute atomic E-state index is 9.94. The van der Waals surface area contributed by atoms with Crippen LogP contribution in [0.5, 0.6) is 0 Å². The number of aliphatic hydroxyl groups excluding tert-OH is 1. The van der Waals surface area contributed by atoms with Gasteiger partial charge in [0.1, 0.15) is 0 Å². The van der Waals surface area contributed by atoms with Gasteiger partial charge in [-0.15, -0.1) is 0 Å². The average Bonchev–Trinajstić information content (AvgIpc) is 2.30. The second kappa shape index (κ2) is 6.38. The molecule has 1 aromatic rings. The molecule has 0 aliphatic rings. The standard InChI is InChI=1S/C13H22N2O/c1-3-10(4-2)13(16)9-15-12-7-5-11(14)6-8-12/h5-8,10,13,15-16H,3-4,9,14H2,1-2H3. The van der Waals surface area contributed by atoms with E-state index in [1.807, 2.05) is 24.3 Å². The molecule has 0 aliphatic carbocycles. The predicted molar refractivity (Wildman–Crippen MR) is 69.4 cm³/mol. The first-order valence-corrected chi connectivity index (χ1v) is 5.94. The Balaban J connectivity index is 2.42. The Morgan fingerprint density at radius 3 is 2.25 bits per heavy atom. The summed E-state index contributed by atoms with van der Waals surface area (Å²) in [5.41, 5.74) is 7.35. The first-order chi connectivity index (χ1) is 7.67. The van der Waals surface area contributed by atoms with Crippen molar-refractivity contribution in [1.29, 1.82) is 0 Å². The molecule has 4 N–H and O–H groups in total. The maximum atomic E-state index is 9.94. The number of anilines is 2. The monoisotopic (exact) mass is 222 g/mol. The molecule has 0 aliphatic heterocycles. The fourth-order valence-corrected chi connectivity index (χ4v) is 1.82. The van der Waals surface area contributed by atoms with Gasteiger partial charge in [-0.05, 0) is 30.2 Å². The SMILES string of the molecule is CCC(CC)C(O)CNc1ccc(N)cc1. The number of benzene rings is 1. The normalized spacial score (nSPS) is 12.8. The van der Waals surface area contributed by atoms with E-state index >= 15 is 0 Å². The van der Waals surface area contributed by atoms with Gasteiger partial charge < -0.3 is 16.2 Å². The molecule has 0 amide bonds. The average molecular weight is 222 g/mol. The summed E-state index contributed by atoms with van der Waals surface area (Å²) in [6.45, 7) is 4.82. The summed E-state index contributed by atoms with van der Waals surface area (Å²) < 4.78 is 0. The molecular formula is C13H22N2O. The number of aliphatic hydroxyl groups is 1. The zero-order chi connectivity index (χ0) is 12.0. The second-order valence-corrected chi connectivity index (χ2v) is 4.15. The molecule has 1 unspecified atom stereocenters. The number of hydrogen-bond donors (Lipinski definition) is 3. The van der Waals surface area contributed by atoms with Crippen LogP contribution in [0, 0.1) is 5.92 Å². The number of nitrogens with two attached hydrogens (primary N) is 1. The van der Waals surface area contributed by atoms with Gasteiger partial charge in [-0.3, -0.25) is 0 Å². The lowest BCUT2D eigenvalue weighted by molar-refractivity contribution is 0.114. The summed E-state index contributed by atoms with van der Waals surface area (Å²) >= 11 is 0. The zero-order valence-electron chi connectivity index (χ0n) is 10.1. The molecule has 1 aromatic carbocycles. The highest BCUT2D eigenvalue weighted by atomic mass is 16.3. The van der Waals surface area contributed by atoms with E-state index in [4.69, 9.17) is 5.73 Å². The highest BCUT2D eigenvalue weighted by molar-refractivity contribution is 5.51. The van der Waals surface area contributed by atoms with Crippen molar-refractivity contribution in [2.24, 2.45) is 5.92 Å². The fourth-order valence-electron chi connectivity index (χ4n) is 1.82. The smallest absolute Gasteiger partial charge is 0.0740 e. The van der Waals surface area contributed by atoms with Gasteiger partial charge in [0.05, 0.1) is 6.10 Å². The Hall–Kier alpha value is -1.22. The van der Waals surface area contributed by atoms with Crippen LogP contribution in [-0.4, -0.2) is 17.8 Å². The highest BCUT2D eigenvalue weighted by Gasteiger charge is 2.14. The van der Waals surface area contributed by atoms with Crippen LogP contribution in [0.2, 0.25) is 0 Å². The zero-order valence-corrected chi connectivity index (χ0v) is 10.1. The molecule has 0 saturated carbocycles. The van der Waals surface area contributed by atoms with Crippen LogP contribution in [0.25, 0.3) is 0 Å². The van der Waals surface area contributed by atoms with Gasteiger partial charge in [-0.1, -0.05) is 26.7 Å². The van der Waals surface area contributed by atoms with E-state index in [9.17, 15) is 5.11 Å². The Bertz CT molecular complexity index is 293. The minimum Gasteiger partial charge on any atom is -0.399 e. The summed E-state index contributed by atoms with van der Waals surface area (Å²) in [4.78, 5) is 0. The third-order valence-electron chi connectivity index (χ3n) is 3.02. The van der Waals surface area contributed by atoms with Crippen molar-refractivity contribution in [2.75, 3.05) is 17.6 Å². The van der Waals surface area contributed by atoms with Gasteiger partial charge in [-0.25, -0.2) is 0 Å². The molecule has 0 fully saturated rings. The summed E-state index contributed by atoms with van der Waals surface area (Å²) in [6, 6.07) is 7.56. The van der Waals surface area contributed by atoms with Gasteiger partial charge in [0.25, 0.3) is 0 Å². The Labute approximate surface area is 97.7 Å². The van der Waals surface area contributed by atoms with Crippen LogP contribution in [0.1, 0.15) is 26.7 Å². The van der Waals surface area contributed by atoms with E-state index in [2.05, 4.69) is 19.2 Å². The molecule has 0 spiro atoms. The van der Waals surface area contributed by atoms with E-state index < -0.39 is 0 Å². The van der Waals surface area contributed by atoms with Crippen molar-refractivity contribution < 1.29 is 5.11 Å². The molecule has 0 bridgehead atoms. The van der Waals surface area contributed by atoms with E-state index in [1.165, 1.54) is 0 Å². The second-order valence-electron chi connectivity index (χ2n) is 4.15. The van der Waals surface area contributed by atoms with Crippen molar-refractivity contribution in [3.8, 4) is 0 Å². The first-order valence-electron chi connectivity index (χ1n) is 5.94. The lowest BCUT2D eigenvalue weighted by Gasteiger charge is -2.20. The van der Waals surface area contributed by atoms with Crippen molar-refractivity contribution in [3.05, 3.63) is 24.3 Å². The summed E-state index contributed by atoms with van der Waals surface area (Å²) in [5.74, 6) is 0.376. The molecule has 3 nitrogen and oxygen atoms in total. The third-order valence-corrected chi connectivity index (χ3v) is 3.02. The largest absolute Gasteiger partial charge is 0.399 e. The van der Waals surface area contributed by atoms with Crippen molar-refractivity contribution in [3.63, 3.8) is 0 Å². The van der Waals surface area contributed by atoms with Crippen LogP contribution >= 0.6 is 0 Å². The minimum atomic E-state index is -0.285. The van der Waals surface area contributed by atoms with Gasteiger partial charge >= 0.3 is 0 Å². The molecule has 0 radical (unpaired) electrons. The van der Waals surface area contributed by atoms with Crippen molar-refractivity contribution in [1.82, 2.24) is 0 Å². The maximum Gasteiger partial charge on any atom is 0.0740 e. The van der Waals surface area contributed by atoms with E-state index in [0.717, 1.165) is 24.2 Å². The predicted octanol–water partition coefficient (Wildman–Crippen LogP) is 2.48. The Kier molecular flexibility index (Phi) is 5.12. The lowest BCUT2D eigenvalue weighted by Crippen LogP contribution is -2.27. The number of hydrogen-bond acceptors (Lipinski definition) is 3.